The van der Waals surface area contributed by atoms with Crippen molar-refractivity contribution in [2.45, 2.75) is 19.0 Å². The lowest BCUT2D eigenvalue weighted by Crippen LogP contribution is -2.12. The van der Waals surface area contributed by atoms with E-state index in [1.54, 1.807) is 11.8 Å². The van der Waals surface area contributed by atoms with Crippen molar-refractivity contribution < 1.29 is 13.2 Å². The van der Waals surface area contributed by atoms with Crippen LogP contribution in [0.1, 0.15) is 24.0 Å². The highest BCUT2D eigenvalue weighted by molar-refractivity contribution is 8.03. The van der Waals surface area contributed by atoms with Gasteiger partial charge in [0.05, 0.1) is 22.9 Å². The number of aliphatic imine (C=N–C) groups is 1. The summed E-state index contributed by atoms with van der Waals surface area (Å²) in [5, 5.41) is 0. The minimum absolute atomic E-state index is 0.404. The van der Waals surface area contributed by atoms with E-state index in [9.17, 15) is 13.2 Å². The van der Waals surface area contributed by atoms with Crippen LogP contribution in [0.2, 0.25) is 0 Å². The van der Waals surface area contributed by atoms with E-state index in [0.29, 0.717) is 17.2 Å². The van der Waals surface area contributed by atoms with Gasteiger partial charge in [-0.1, -0.05) is 18.2 Å². The molecule has 0 aromatic heterocycles. The van der Waals surface area contributed by atoms with Crippen molar-refractivity contribution in [3.63, 3.8) is 0 Å². The first-order valence-electron chi connectivity index (χ1n) is 6.72. The van der Waals surface area contributed by atoms with Crippen molar-refractivity contribution >= 4 is 29.1 Å². The van der Waals surface area contributed by atoms with Gasteiger partial charge in [-0.25, -0.2) is 0 Å². The summed E-state index contributed by atoms with van der Waals surface area (Å²) in [4.78, 5) is 5.62. The van der Waals surface area contributed by atoms with E-state index in [0.717, 1.165) is 41.3 Å². The Balaban J connectivity index is 2.26. The Morgan fingerprint density at radius 3 is 2.50 bits per heavy atom. The topological polar surface area (TPSA) is 12.4 Å². The summed E-state index contributed by atoms with van der Waals surface area (Å²) >= 11 is 7.51. The van der Waals surface area contributed by atoms with Crippen LogP contribution >= 0.6 is 23.4 Å². The fourth-order valence-corrected chi connectivity index (χ4v) is 3.36. The SMILES string of the molecule is C=CCCC1=C(CCl)SCC(c2ccc(C(F)(F)F)cc2)=N1. The maximum absolute atomic E-state index is 12.6. The summed E-state index contributed by atoms with van der Waals surface area (Å²) in [5.74, 6) is 1.02. The third-order valence-corrected chi connectivity index (χ3v) is 4.80. The molecule has 0 radical (unpaired) electrons. The fraction of sp³-hybridized carbons (Fsp3) is 0.312. The van der Waals surface area contributed by atoms with Gasteiger partial charge in [0.25, 0.3) is 0 Å². The molecule has 1 heterocycles. The van der Waals surface area contributed by atoms with E-state index >= 15 is 0 Å². The number of nitrogens with zero attached hydrogens (tertiary/aromatic N) is 1. The molecule has 1 aliphatic rings. The Morgan fingerprint density at radius 1 is 1.27 bits per heavy atom. The van der Waals surface area contributed by atoms with Gasteiger partial charge in [-0.15, -0.1) is 29.9 Å². The standard InChI is InChI=1S/C16H15ClF3NS/c1-2-3-4-13-15(9-17)22-10-14(21-13)11-5-7-12(8-6-11)16(18,19)20/h2,5-8H,1,3-4,9-10H2. The summed E-state index contributed by atoms with van der Waals surface area (Å²) < 4.78 is 37.8. The molecule has 1 nitrogen and oxygen atoms in total. The zero-order chi connectivity index (χ0) is 16.2. The molecule has 118 valence electrons. The molecular formula is C16H15ClF3NS. The summed E-state index contributed by atoms with van der Waals surface area (Å²) in [5.41, 5.74) is 1.75. The maximum Gasteiger partial charge on any atom is 0.416 e. The molecule has 0 atom stereocenters. The van der Waals surface area contributed by atoms with Gasteiger partial charge in [-0.2, -0.15) is 13.2 Å². The molecule has 0 unspecified atom stereocenters. The molecule has 1 aromatic rings. The second kappa shape index (κ2) is 7.38. The van der Waals surface area contributed by atoms with Crippen molar-refractivity contribution in [3.05, 3.63) is 58.6 Å². The van der Waals surface area contributed by atoms with Crippen LogP contribution in [0.25, 0.3) is 0 Å². The van der Waals surface area contributed by atoms with Gasteiger partial charge in [-0.05, 0) is 30.5 Å². The van der Waals surface area contributed by atoms with Crippen molar-refractivity contribution in [1.82, 2.24) is 0 Å². The smallest absolute Gasteiger partial charge is 0.255 e. The van der Waals surface area contributed by atoms with Gasteiger partial charge in [-0.3, -0.25) is 4.99 Å². The number of thioether (sulfide) groups is 1. The predicted molar refractivity (Wildman–Crippen MR) is 87.6 cm³/mol. The molecule has 22 heavy (non-hydrogen) atoms. The zero-order valence-electron chi connectivity index (χ0n) is 11.8. The van der Waals surface area contributed by atoms with Gasteiger partial charge in [0, 0.05) is 10.7 Å². The van der Waals surface area contributed by atoms with E-state index in [1.165, 1.54) is 12.1 Å². The van der Waals surface area contributed by atoms with Crippen LogP contribution in [0, 0.1) is 0 Å². The second-order valence-corrected chi connectivity index (χ2v) is 6.09. The van der Waals surface area contributed by atoms with Crippen molar-refractivity contribution in [2.75, 3.05) is 11.6 Å². The number of benzene rings is 1. The van der Waals surface area contributed by atoms with E-state index in [1.807, 2.05) is 6.08 Å². The van der Waals surface area contributed by atoms with E-state index in [-0.39, 0.29) is 0 Å². The number of hydrogen-bond acceptors (Lipinski definition) is 2. The van der Waals surface area contributed by atoms with Crippen LogP contribution < -0.4 is 0 Å². The van der Waals surface area contributed by atoms with Crippen molar-refractivity contribution in [1.29, 1.82) is 0 Å². The minimum atomic E-state index is -4.32. The molecule has 0 saturated carbocycles. The summed E-state index contributed by atoms with van der Waals surface area (Å²) in [7, 11) is 0. The van der Waals surface area contributed by atoms with Crippen LogP contribution in [-0.4, -0.2) is 17.3 Å². The lowest BCUT2D eigenvalue weighted by atomic mass is 10.1. The molecule has 2 rings (SSSR count). The monoisotopic (exact) mass is 345 g/mol. The van der Waals surface area contributed by atoms with Crippen LogP contribution in [0.3, 0.4) is 0 Å². The lowest BCUT2D eigenvalue weighted by molar-refractivity contribution is -0.137. The molecule has 0 aliphatic carbocycles. The average Bonchev–Trinajstić information content (AvgIpc) is 2.52. The van der Waals surface area contributed by atoms with Crippen LogP contribution in [0.15, 0.2) is 52.5 Å². The molecular weight excluding hydrogens is 331 g/mol. The first-order chi connectivity index (χ1) is 10.5. The van der Waals surface area contributed by atoms with Crippen LogP contribution in [-0.2, 0) is 6.18 Å². The second-order valence-electron chi connectivity index (χ2n) is 4.75. The lowest BCUT2D eigenvalue weighted by Gasteiger charge is -2.18. The van der Waals surface area contributed by atoms with Crippen LogP contribution in [0.5, 0.6) is 0 Å². The Morgan fingerprint density at radius 2 is 1.95 bits per heavy atom. The average molecular weight is 346 g/mol. The van der Waals surface area contributed by atoms with Gasteiger partial charge in [0.1, 0.15) is 0 Å². The minimum Gasteiger partial charge on any atom is -0.255 e. The number of allylic oxidation sites excluding steroid dienone is 3. The van der Waals surface area contributed by atoms with Gasteiger partial charge in [0.15, 0.2) is 0 Å². The molecule has 0 spiro atoms. The fourth-order valence-electron chi connectivity index (χ4n) is 2.05. The number of rotatable bonds is 5. The molecule has 0 fully saturated rings. The largest absolute Gasteiger partial charge is 0.416 e. The predicted octanol–water partition coefficient (Wildman–Crippen LogP) is 5.66. The highest BCUT2D eigenvalue weighted by Crippen LogP contribution is 2.32. The normalized spacial score (nSPS) is 15.7. The molecule has 0 N–H and O–H groups in total. The zero-order valence-corrected chi connectivity index (χ0v) is 13.4. The summed E-state index contributed by atoms with van der Waals surface area (Å²) in [6.45, 7) is 3.69. The Hall–Kier alpha value is -1.20. The van der Waals surface area contributed by atoms with E-state index in [2.05, 4.69) is 11.6 Å². The van der Waals surface area contributed by atoms with E-state index < -0.39 is 11.7 Å². The number of alkyl halides is 4. The summed E-state index contributed by atoms with van der Waals surface area (Å²) in [6.07, 6.45) is -0.976. The van der Waals surface area contributed by atoms with Crippen LogP contribution in [0.4, 0.5) is 13.2 Å². The Labute approximate surface area is 137 Å². The molecule has 0 bridgehead atoms. The number of halogens is 4. The highest BCUT2D eigenvalue weighted by Gasteiger charge is 2.30. The third kappa shape index (κ3) is 4.17. The van der Waals surface area contributed by atoms with E-state index in [4.69, 9.17) is 11.6 Å². The highest BCUT2D eigenvalue weighted by atomic mass is 35.5. The van der Waals surface area contributed by atoms with Gasteiger partial charge < -0.3 is 0 Å². The third-order valence-electron chi connectivity index (χ3n) is 3.23. The van der Waals surface area contributed by atoms with Gasteiger partial charge in [0.2, 0.25) is 0 Å². The quantitative estimate of drug-likeness (QED) is 0.495. The first-order valence-corrected chi connectivity index (χ1v) is 8.24. The van der Waals surface area contributed by atoms with Crippen molar-refractivity contribution in [2.24, 2.45) is 4.99 Å². The molecule has 1 aromatic carbocycles. The Kier molecular flexibility index (Phi) is 5.75. The maximum atomic E-state index is 12.6. The molecule has 0 saturated heterocycles. The molecule has 0 amide bonds. The molecule has 6 heteroatoms. The first kappa shape index (κ1) is 17.2. The van der Waals surface area contributed by atoms with Crippen molar-refractivity contribution in [3.8, 4) is 0 Å². The summed E-state index contributed by atoms with van der Waals surface area (Å²) in [6, 6.07) is 5.12. The number of hydrogen-bond donors (Lipinski definition) is 0. The molecule has 1 aliphatic heterocycles. The Bertz CT molecular complexity index is 603. The van der Waals surface area contributed by atoms with Gasteiger partial charge >= 0.3 is 6.18 Å².